The molecule has 1 N–H and O–H groups in total. The standard InChI is InChI=1S/C23H15N2.C14H26O2.Ir/c1-13-11-14(2)22-18(12-13)21-20-15(9-10-24-21)7-8-17-16-5-3-4-6-19(16)25(22)23(17)20;1-6-11(7-2)12(15)10-13(16)14(5,8-3)9-4;/h3-11H,1-2H3;10-11,15H,6-9H2,1-5H3;/q-1;;/b;12-10-;. The van der Waals surface area contributed by atoms with Crippen LogP contribution in [0.4, 0.5) is 0 Å². The Morgan fingerprint density at radius 1 is 1.00 bits per heavy atom. The average Bonchev–Trinajstić information content (AvgIpc) is 3.32. The number of allylic oxidation sites excluding steroid dienone is 2. The minimum atomic E-state index is -0.319. The quantitative estimate of drug-likeness (QED) is 0.0584. The van der Waals surface area contributed by atoms with Gasteiger partial charge in [-0.2, -0.15) is 0 Å². The Morgan fingerprint density at radius 3 is 2.36 bits per heavy atom. The summed E-state index contributed by atoms with van der Waals surface area (Å²) in [6, 6.07) is 21.0. The molecule has 0 bridgehead atoms. The summed E-state index contributed by atoms with van der Waals surface area (Å²) in [7, 11) is 0. The maximum Gasteiger partial charge on any atom is 0.164 e. The van der Waals surface area contributed by atoms with Crippen LogP contribution in [0.2, 0.25) is 0 Å². The molecule has 0 atom stereocenters. The second-order valence-corrected chi connectivity index (χ2v) is 11.6. The Kier molecular flexibility index (Phi) is 9.45. The number of benzene rings is 3. The largest absolute Gasteiger partial charge is 0.512 e. The molecule has 4 nitrogen and oxygen atoms in total. The van der Waals surface area contributed by atoms with Gasteiger partial charge in [0.25, 0.3) is 0 Å². The van der Waals surface area contributed by atoms with Crippen LogP contribution in [0, 0.1) is 31.2 Å². The number of pyridine rings is 2. The number of rotatable bonds is 7. The molecule has 42 heavy (non-hydrogen) atoms. The van der Waals surface area contributed by atoms with Crippen LogP contribution in [-0.2, 0) is 24.9 Å². The molecule has 0 aliphatic rings. The number of ketones is 1. The third kappa shape index (κ3) is 5.23. The fraction of sp³-hybridized carbons (Fsp3) is 0.351. The van der Waals surface area contributed by atoms with E-state index in [0.717, 1.165) is 42.1 Å². The Labute approximate surface area is 262 Å². The normalized spacial score (nSPS) is 12.4. The summed E-state index contributed by atoms with van der Waals surface area (Å²) < 4.78 is 2.42. The van der Waals surface area contributed by atoms with Crippen LogP contribution in [-0.4, -0.2) is 20.3 Å². The van der Waals surface area contributed by atoms with E-state index in [1.54, 1.807) is 0 Å². The van der Waals surface area contributed by atoms with Crippen molar-refractivity contribution in [2.75, 3.05) is 0 Å². The second-order valence-electron chi connectivity index (χ2n) is 11.6. The zero-order chi connectivity index (χ0) is 29.5. The second kappa shape index (κ2) is 12.5. The van der Waals surface area contributed by atoms with Crippen LogP contribution >= 0.6 is 0 Å². The Bertz CT molecular complexity index is 1910. The molecule has 0 unspecified atom stereocenters. The number of hydrogen-bond donors (Lipinski definition) is 1. The number of hydrogen-bond acceptors (Lipinski definition) is 3. The van der Waals surface area contributed by atoms with E-state index < -0.39 is 0 Å². The van der Waals surface area contributed by atoms with Crippen molar-refractivity contribution in [2.45, 2.75) is 74.1 Å². The van der Waals surface area contributed by atoms with Crippen molar-refractivity contribution in [3.63, 3.8) is 0 Å². The van der Waals surface area contributed by atoms with E-state index in [1.807, 2.05) is 40.8 Å². The summed E-state index contributed by atoms with van der Waals surface area (Å²) in [5.74, 6) is 0.437. The van der Waals surface area contributed by atoms with Gasteiger partial charge in [0.2, 0.25) is 0 Å². The van der Waals surface area contributed by atoms with Gasteiger partial charge in [0.15, 0.2) is 5.78 Å². The molecule has 3 aromatic carbocycles. The summed E-state index contributed by atoms with van der Waals surface area (Å²) in [4.78, 5) is 16.8. The number of nitrogens with zero attached hydrogens (tertiary/aromatic N) is 2. The molecular weight excluding hydrogens is 697 g/mol. The van der Waals surface area contributed by atoms with Gasteiger partial charge in [-0.3, -0.25) is 4.79 Å². The van der Waals surface area contributed by atoms with Gasteiger partial charge < -0.3 is 14.5 Å². The fourth-order valence-electron chi connectivity index (χ4n) is 6.21. The SMILES string of the molecule is CCC(CC)/C(O)=C/C(=O)C(C)(CC)CC.Cc1[c-]c2c3nccc4ccc5c6ccccc6n(c2c(C)c1)c5c43.[Ir]. The average molecular weight is 738 g/mol. The first kappa shape index (κ1) is 31.7. The van der Waals surface area contributed by atoms with Crippen molar-refractivity contribution < 1.29 is 30.0 Å². The topological polar surface area (TPSA) is 54.6 Å². The molecule has 0 spiro atoms. The fourth-order valence-corrected chi connectivity index (χ4v) is 6.21. The number of aliphatic hydroxyl groups excluding tert-OH is 1. The maximum absolute atomic E-state index is 12.0. The van der Waals surface area contributed by atoms with Crippen molar-refractivity contribution >= 4 is 54.8 Å². The zero-order valence-electron chi connectivity index (χ0n) is 25.8. The number of aromatic nitrogens is 2. The van der Waals surface area contributed by atoms with Crippen molar-refractivity contribution in [3.05, 3.63) is 83.8 Å². The van der Waals surface area contributed by atoms with Crippen LogP contribution in [0.3, 0.4) is 0 Å². The number of carbonyl (C=O) groups is 1. The van der Waals surface area contributed by atoms with E-state index in [0.29, 0.717) is 0 Å². The summed E-state index contributed by atoms with van der Waals surface area (Å²) in [5, 5.41) is 16.1. The van der Waals surface area contributed by atoms with Gasteiger partial charge in [-0.15, -0.1) is 28.6 Å². The van der Waals surface area contributed by atoms with Crippen LogP contribution in [0.15, 0.2) is 66.6 Å². The molecule has 0 amide bonds. The number of fused-ring (bicyclic) bond motifs is 6. The van der Waals surface area contributed by atoms with Gasteiger partial charge in [0.1, 0.15) is 0 Å². The summed E-state index contributed by atoms with van der Waals surface area (Å²) in [5.41, 5.74) is 6.90. The molecule has 6 aromatic rings. The number of carbonyl (C=O) groups excluding carboxylic acids is 1. The molecule has 5 heteroatoms. The summed E-state index contributed by atoms with van der Waals surface area (Å²) in [6.45, 7) is 14.4. The first-order valence-corrected chi connectivity index (χ1v) is 15.0. The maximum atomic E-state index is 12.0. The first-order valence-electron chi connectivity index (χ1n) is 15.0. The van der Waals surface area contributed by atoms with E-state index in [2.05, 4.69) is 72.8 Å². The molecule has 3 heterocycles. The number of aryl methyl sites for hydroxylation is 2. The van der Waals surface area contributed by atoms with E-state index in [-0.39, 0.29) is 43.0 Å². The first-order chi connectivity index (χ1) is 19.7. The van der Waals surface area contributed by atoms with Gasteiger partial charge in [-0.25, -0.2) is 0 Å². The Balaban J connectivity index is 0.000000211. The molecule has 3 aromatic heterocycles. The zero-order valence-corrected chi connectivity index (χ0v) is 28.2. The molecule has 0 saturated carbocycles. The van der Waals surface area contributed by atoms with Gasteiger partial charge in [-0.05, 0) is 59.6 Å². The van der Waals surface area contributed by atoms with Crippen molar-refractivity contribution in [1.82, 2.24) is 9.38 Å². The van der Waals surface area contributed by atoms with Crippen molar-refractivity contribution in [1.29, 1.82) is 0 Å². The minimum absolute atomic E-state index is 0. The van der Waals surface area contributed by atoms with Crippen LogP contribution in [0.5, 0.6) is 0 Å². The van der Waals surface area contributed by atoms with Gasteiger partial charge >= 0.3 is 0 Å². The summed E-state index contributed by atoms with van der Waals surface area (Å²) in [6.07, 6.45) is 6.74. The molecular formula is C37H41IrN2O2-. The molecule has 0 fully saturated rings. The van der Waals surface area contributed by atoms with Crippen molar-refractivity contribution in [2.24, 2.45) is 11.3 Å². The third-order valence-electron chi connectivity index (χ3n) is 9.23. The molecule has 0 aliphatic carbocycles. The van der Waals surface area contributed by atoms with Gasteiger partial charge in [-0.1, -0.05) is 78.8 Å². The summed E-state index contributed by atoms with van der Waals surface area (Å²) >= 11 is 0. The van der Waals surface area contributed by atoms with E-state index >= 15 is 0 Å². The van der Waals surface area contributed by atoms with Crippen LogP contribution in [0.1, 0.15) is 71.4 Å². The number of para-hydroxylation sites is 1. The molecule has 221 valence electrons. The third-order valence-corrected chi connectivity index (χ3v) is 9.23. The van der Waals surface area contributed by atoms with Gasteiger partial charge in [0, 0.05) is 65.5 Å². The predicted molar refractivity (Wildman–Crippen MR) is 173 cm³/mol. The van der Waals surface area contributed by atoms with E-state index in [1.165, 1.54) is 49.7 Å². The van der Waals surface area contributed by atoms with Crippen LogP contribution < -0.4 is 0 Å². The van der Waals surface area contributed by atoms with Crippen molar-refractivity contribution in [3.8, 4) is 0 Å². The molecule has 0 saturated heterocycles. The minimum Gasteiger partial charge on any atom is -0.512 e. The molecule has 1 radical (unpaired) electrons. The molecule has 0 aliphatic heterocycles. The number of aliphatic hydroxyl groups is 1. The van der Waals surface area contributed by atoms with Gasteiger partial charge in [0.05, 0.1) is 5.76 Å². The monoisotopic (exact) mass is 738 g/mol. The van der Waals surface area contributed by atoms with Crippen LogP contribution in [0.25, 0.3) is 49.0 Å². The predicted octanol–water partition coefficient (Wildman–Crippen LogP) is 10.1. The Hall–Kier alpha value is -3.27. The Morgan fingerprint density at radius 2 is 1.69 bits per heavy atom. The smallest absolute Gasteiger partial charge is 0.164 e. The van der Waals surface area contributed by atoms with E-state index in [4.69, 9.17) is 4.98 Å². The molecule has 6 rings (SSSR count). The van der Waals surface area contributed by atoms with E-state index in [9.17, 15) is 9.90 Å².